The van der Waals surface area contributed by atoms with Gasteiger partial charge in [0.05, 0.1) is 13.7 Å². The Balaban J connectivity index is 2.81. The Hall–Kier alpha value is -1.07. The number of ether oxygens (including phenoxy) is 1. The van der Waals surface area contributed by atoms with E-state index in [0.717, 1.165) is 6.42 Å². The summed E-state index contributed by atoms with van der Waals surface area (Å²) in [6.45, 7) is 3.01. The number of carbonyl (C=O) groups excluding carboxylic acids is 1. The summed E-state index contributed by atoms with van der Waals surface area (Å²) in [5.41, 5.74) is 0. The predicted molar refractivity (Wildman–Crippen MR) is 64.2 cm³/mol. The molecule has 0 aliphatic rings. The van der Waals surface area contributed by atoms with Gasteiger partial charge in [-0.05, 0) is 17.9 Å². The van der Waals surface area contributed by atoms with Gasteiger partial charge < -0.3 is 14.7 Å². The molecule has 0 radical (unpaired) electrons. The Morgan fingerprint density at radius 3 is 2.88 bits per heavy atom. The molecule has 0 fully saturated rings. The fourth-order valence-corrected chi connectivity index (χ4v) is 2.29. The molecule has 90 valence electrons. The van der Waals surface area contributed by atoms with Crippen LogP contribution in [-0.4, -0.2) is 42.7 Å². The summed E-state index contributed by atoms with van der Waals surface area (Å²) in [4.78, 5) is 14.4. The molecular weight excluding hydrogens is 226 g/mol. The highest BCUT2D eigenvalue weighted by molar-refractivity contribution is 7.12. The van der Waals surface area contributed by atoms with Gasteiger partial charge >= 0.3 is 0 Å². The molecule has 4 nitrogen and oxygen atoms in total. The van der Waals surface area contributed by atoms with Gasteiger partial charge in [-0.2, -0.15) is 0 Å². The topological polar surface area (TPSA) is 49.8 Å². The Bertz CT molecular complexity index is 332. The lowest BCUT2D eigenvalue weighted by atomic mass is 10.3. The van der Waals surface area contributed by atoms with Crippen molar-refractivity contribution in [3.8, 4) is 5.75 Å². The Morgan fingerprint density at radius 1 is 1.56 bits per heavy atom. The van der Waals surface area contributed by atoms with Gasteiger partial charge in [-0.25, -0.2) is 0 Å². The summed E-state index contributed by atoms with van der Waals surface area (Å²) < 4.78 is 5.11. The van der Waals surface area contributed by atoms with Crippen LogP contribution in [0.3, 0.4) is 0 Å². The van der Waals surface area contributed by atoms with Gasteiger partial charge in [-0.3, -0.25) is 4.79 Å². The van der Waals surface area contributed by atoms with Crippen LogP contribution in [0.5, 0.6) is 5.75 Å². The number of aliphatic hydroxyl groups is 1. The first-order valence-electron chi connectivity index (χ1n) is 5.26. The zero-order valence-corrected chi connectivity index (χ0v) is 10.4. The lowest BCUT2D eigenvalue weighted by Gasteiger charge is -2.20. The van der Waals surface area contributed by atoms with Crippen molar-refractivity contribution in [1.82, 2.24) is 4.90 Å². The number of thiophene rings is 1. The molecule has 1 aromatic heterocycles. The second-order valence-electron chi connectivity index (χ2n) is 3.33. The van der Waals surface area contributed by atoms with Crippen molar-refractivity contribution in [3.05, 3.63) is 16.3 Å². The van der Waals surface area contributed by atoms with Crippen LogP contribution in [0.1, 0.15) is 23.0 Å². The monoisotopic (exact) mass is 243 g/mol. The van der Waals surface area contributed by atoms with Gasteiger partial charge in [0.15, 0.2) is 0 Å². The molecule has 0 unspecified atom stereocenters. The van der Waals surface area contributed by atoms with Crippen LogP contribution in [0.25, 0.3) is 0 Å². The molecule has 1 amide bonds. The maximum absolute atomic E-state index is 12.1. The van der Waals surface area contributed by atoms with E-state index in [2.05, 4.69) is 0 Å². The highest BCUT2D eigenvalue weighted by Crippen LogP contribution is 2.25. The van der Waals surface area contributed by atoms with Gasteiger partial charge in [0, 0.05) is 13.1 Å². The predicted octanol–water partition coefficient (Wildman–Crippen LogP) is 1.60. The van der Waals surface area contributed by atoms with Gasteiger partial charge in [0.25, 0.3) is 5.91 Å². The van der Waals surface area contributed by atoms with E-state index >= 15 is 0 Å². The number of hydrogen-bond donors (Lipinski definition) is 1. The molecule has 0 aliphatic carbocycles. The van der Waals surface area contributed by atoms with E-state index in [1.807, 2.05) is 12.3 Å². The number of aliphatic hydroxyl groups excluding tert-OH is 1. The average Bonchev–Trinajstić information content (AvgIpc) is 2.75. The summed E-state index contributed by atoms with van der Waals surface area (Å²) in [6.07, 6.45) is 0.874. The van der Waals surface area contributed by atoms with Crippen molar-refractivity contribution < 1.29 is 14.6 Å². The summed E-state index contributed by atoms with van der Waals surface area (Å²) in [6, 6.07) is 1.78. The van der Waals surface area contributed by atoms with Crippen LogP contribution in [0.2, 0.25) is 0 Å². The molecular formula is C11H17NO3S. The Morgan fingerprint density at radius 2 is 2.31 bits per heavy atom. The van der Waals surface area contributed by atoms with E-state index in [1.165, 1.54) is 11.3 Å². The van der Waals surface area contributed by atoms with Crippen molar-refractivity contribution in [1.29, 1.82) is 0 Å². The molecule has 1 heterocycles. The molecule has 5 heteroatoms. The molecule has 1 rings (SSSR count). The lowest BCUT2D eigenvalue weighted by Crippen LogP contribution is -2.33. The number of methoxy groups -OCH3 is 1. The third-order valence-corrected chi connectivity index (χ3v) is 3.08. The van der Waals surface area contributed by atoms with Gasteiger partial charge in [-0.15, -0.1) is 11.3 Å². The van der Waals surface area contributed by atoms with E-state index in [1.54, 1.807) is 18.1 Å². The highest BCUT2D eigenvalue weighted by Gasteiger charge is 2.19. The van der Waals surface area contributed by atoms with Gasteiger partial charge in [-0.1, -0.05) is 6.92 Å². The number of rotatable bonds is 6. The van der Waals surface area contributed by atoms with Crippen molar-refractivity contribution in [2.75, 3.05) is 26.8 Å². The third-order valence-electron chi connectivity index (χ3n) is 2.19. The molecule has 0 bridgehead atoms. The molecule has 16 heavy (non-hydrogen) atoms. The quantitative estimate of drug-likeness (QED) is 0.825. The number of nitrogens with zero attached hydrogens (tertiary/aromatic N) is 1. The van der Waals surface area contributed by atoms with Crippen molar-refractivity contribution in [2.45, 2.75) is 13.3 Å². The zero-order chi connectivity index (χ0) is 12.0. The Kier molecular flexibility index (Phi) is 5.28. The van der Waals surface area contributed by atoms with Crippen LogP contribution in [0.4, 0.5) is 0 Å². The van der Waals surface area contributed by atoms with Gasteiger partial charge in [0.2, 0.25) is 0 Å². The van der Waals surface area contributed by atoms with Crippen molar-refractivity contribution in [3.63, 3.8) is 0 Å². The first-order chi connectivity index (χ1) is 7.74. The van der Waals surface area contributed by atoms with E-state index in [4.69, 9.17) is 9.84 Å². The van der Waals surface area contributed by atoms with E-state index < -0.39 is 0 Å². The van der Waals surface area contributed by atoms with E-state index in [0.29, 0.717) is 23.7 Å². The number of hydrogen-bond acceptors (Lipinski definition) is 4. The highest BCUT2D eigenvalue weighted by atomic mass is 32.1. The van der Waals surface area contributed by atoms with E-state index in [-0.39, 0.29) is 12.5 Å². The second-order valence-corrected chi connectivity index (χ2v) is 4.25. The maximum atomic E-state index is 12.1. The largest absolute Gasteiger partial charge is 0.495 e. The summed E-state index contributed by atoms with van der Waals surface area (Å²) in [7, 11) is 1.55. The fraction of sp³-hybridized carbons (Fsp3) is 0.545. The average molecular weight is 243 g/mol. The van der Waals surface area contributed by atoms with Crippen LogP contribution >= 0.6 is 11.3 Å². The minimum Gasteiger partial charge on any atom is -0.495 e. The summed E-state index contributed by atoms with van der Waals surface area (Å²) >= 11 is 1.36. The SMILES string of the molecule is CCCN(CCO)C(=O)c1sccc1OC. The third kappa shape index (κ3) is 2.96. The molecule has 0 atom stereocenters. The van der Waals surface area contributed by atoms with Crippen molar-refractivity contribution in [2.24, 2.45) is 0 Å². The molecule has 1 aromatic rings. The first-order valence-corrected chi connectivity index (χ1v) is 6.14. The van der Waals surface area contributed by atoms with Crippen molar-refractivity contribution >= 4 is 17.2 Å². The summed E-state index contributed by atoms with van der Waals surface area (Å²) in [5.74, 6) is 0.539. The number of amides is 1. The zero-order valence-electron chi connectivity index (χ0n) is 9.60. The lowest BCUT2D eigenvalue weighted by molar-refractivity contribution is 0.0724. The Labute approximate surface area is 99.5 Å². The smallest absolute Gasteiger partial charge is 0.267 e. The maximum Gasteiger partial charge on any atom is 0.267 e. The van der Waals surface area contributed by atoms with Gasteiger partial charge in [0.1, 0.15) is 10.6 Å². The normalized spacial score (nSPS) is 10.2. The van der Waals surface area contributed by atoms with Crippen LogP contribution < -0.4 is 4.74 Å². The first kappa shape index (κ1) is 13.0. The minimum absolute atomic E-state index is 0.0145. The standard InChI is InChI=1S/C11H17NO3S/c1-3-5-12(6-7-13)11(14)10-9(15-2)4-8-16-10/h4,8,13H,3,5-7H2,1-2H3. The molecule has 0 spiro atoms. The molecule has 1 N–H and O–H groups in total. The fourth-order valence-electron chi connectivity index (χ4n) is 1.46. The van der Waals surface area contributed by atoms with E-state index in [9.17, 15) is 4.79 Å². The second kappa shape index (κ2) is 6.50. The molecule has 0 aromatic carbocycles. The molecule has 0 saturated heterocycles. The van der Waals surface area contributed by atoms with Crippen LogP contribution in [-0.2, 0) is 0 Å². The molecule has 0 saturated carbocycles. The van der Waals surface area contributed by atoms with Crippen LogP contribution in [0.15, 0.2) is 11.4 Å². The summed E-state index contributed by atoms with van der Waals surface area (Å²) in [5, 5.41) is 10.7. The van der Waals surface area contributed by atoms with Crippen LogP contribution in [0, 0.1) is 0 Å². The number of carbonyl (C=O) groups is 1. The minimum atomic E-state index is -0.0669. The molecule has 0 aliphatic heterocycles.